The van der Waals surface area contributed by atoms with E-state index in [9.17, 15) is 24.6 Å². The van der Waals surface area contributed by atoms with Crippen LogP contribution in [0.3, 0.4) is 0 Å². The third-order valence-electron chi connectivity index (χ3n) is 7.51. The molecule has 4 atom stereocenters. The Morgan fingerprint density at radius 3 is 2.04 bits per heavy atom. The van der Waals surface area contributed by atoms with Crippen molar-refractivity contribution < 1.29 is 24.6 Å². The number of carboxylic acids is 1. The molecule has 0 radical (unpaired) electrons. The normalized spacial score (nSPS) is 14.0. The van der Waals surface area contributed by atoms with Crippen LogP contribution in [0.1, 0.15) is 61.9 Å². The summed E-state index contributed by atoms with van der Waals surface area (Å²) in [6, 6.07) is 16.9. The van der Waals surface area contributed by atoms with E-state index in [1.165, 1.54) is 4.90 Å². The van der Waals surface area contributed by atoms with Gasteiger partial charge in [-0.05, 0) is 36.3 Å². The fourth-order valence-corrected chi connectivity index (χ4v) is 5.85. The molecule has 2 aromatic carbocycles. The van der Waals surface area contributed by atoms with Crippen LogP contribution in [0.5, 0.6) is 0 Å². The molecule has 0 bridgehead atoms. The van der Waals surface area contributed by atoms with Gasteiger partial charge < -0.3 is 31.1 Å². The number of nitrogens with zero attached hydrogens (tertiary/aromatic N) is 2. The minimum atomic E-state index is -1.02. The number of carboxylic acid groups (broad SMARTS) is 1. The van der Waals surface area contributed by atoms with Crippen LogP contribution < -0.4 is 16.0 Å². The van der Waals surface area contributed by atoms with Crippen molar-refractivity contribution in [3.05, 3.63) is 87.9 Å². The Labute approximate surface area is 270 Å². The Bertz CT molecular complexity index is 1350. The van der Waals surface area contributed by atoms with Crippen molar-refractivity contribution in [2.45, 2.75) is 83.6 Å². The molecule has 1 aromatic heterocycles. The molecule has 0 spiro atoms. The van der Waals surface area contributed by atoms with E-state index < -0.39 is 30.2 Å². The Morgan fingerprint density at radius 1 is 0.911 bits per heavy atom. The zero-order valence-electron chi connectivity index (χ0n) is 26.8. The fraction of sp³-hybridized carbons (Fsp3) is 0.471. The van der Waals surface area contributed by atoms with E-state index in [1.807, 2.05) is 79.9 Å². The van der Waals surface area contributed by atoms with E-state index in [0.29, 0.717) is 25.3 Å². The van der Waals surface area contributed by atoms with E-state index >= 15 is 0 Å². The largest absolute Gasteiger partial charge is 0.480 e. The molecule has 11 heteroatoms. The number of hydrogen-bond acceptors (Lipinski definition) is 7. The third-order valence-corrected chi connectivity index (χ3v) is 8.71. The molecule has 10 nitrogen and oxygen atoms in total. The highest BCUT2D eigenvalue weighted by Crippen LogP contribution is 2.20. The van der Waals surface area contributed by atoms with E-state index in [1.54, 1.807) is 18.4 Å². The molecule has 4 unspecified atom stereocenters. The van der Waals surface area contributed by atoms with Crippen LogP contribution in [0.2, 0.25) is 0 Å². The molecule has 3 amide bonds. The molecule has 0 aliphatic rings. The lowest BCUT2D eigenvalue weighted by Gasteiger charge is -2.30. The van der Waals surface area contributed by atoms with Gasteiger partial charge in [0.2, 0.25) is 5.91 Å². The van der Waals surface area contributed by atoms with Crippen molar-refractivity contribution >= 4 is 29.2 Å². The lowest BCUT2D eigenvalue weighted by atomic mass is 9.93. The molecule has 3 rings (SSSR count). The van der Waals surface area contributed by atoms with Gasteiger partial charge >= 0.3 is 12.0 Å². The number of aliphatic hydroxyl groups excluding tert-OH is 1. The average Bonchev–Trinajstić information content (AvgIpc) is 3.47. The Kier molecular flexibility index (Phi) is 14.0. The van der Waals surface area contributed by atoms with Crippen LogP contribution >= 0.6 is 11.3 Å². The van der Waals surface area contributed by atoms with Crippen LogP contribution in [0.25, 0.3) is 0 Å². The number of benzene rings is 2. The molecule has 45 heavy (non-hydrogen) atoms. The summed E-state index contributed by atoms with van der Waals surface area (Å²) < 4.78 is 0. The summed E-state index contributed by atoms with van der Waals surface area (Å²) in [7, 11) is 1.67. The SMILES string of the molecule is CC(C)c1nc(CN(C)C(=O)NC(C(=O)NC(Cc2ccccc2)CC(O)C(Cc2ccccc2)NCC(=O)O)C(C)C)cs1. The van der Waals surface area contributed by atoms with E-state index in [-0.39, 0.29) is 30.8 Å². The Balaban J connectivity index is 1.73. The summed E-state index contributed by atoms with van der Waals surface area (Å²) in [4.78, 5) is 44.3. The highest BCUT2D eigenvalue weighted by molar-refractivity contribution is 7.09. The minimum Gasteiger partial charge on any atom is -0.480 e. The van der Waals surface area contributed by atoms with Crippen molar-refractivity contribution in [2.24, 2.45) is 5.92 Å². The molecular weight excluding hydrogens is 590 g/mol. The van der Waals surface area contributed by atoms with Crippen LogP contribution in [0, 0.1) is 5.92 Å². The van der Waals surface area contributed by atoms with Gasteiger partial charge in [-0.2, -0.15) is 0 Å². The summed E-state index contributed by atoms with van der Waals surface area (Å²) in [5, 5.41) is 32.6. The van der Waals surface area contributed by atoms with Gasteiger partial charge in [-0.1, -0.05) is 88.4 Å². The second-order valence-electron chi connectivity index (χ2n) is 12.1. The summed E-state index contributed by atoms with van der Waals surface area (Å²) in [5.74, 6) is -1.28. The number of aliphatic carboxylic acids is 1. The van der Waals surface area contributed by atoms with Gasteiger partial charge in [-0.15, -0.1) is 11.3 Å². The van der Waals surface area contributed by atoms with Gasteiger partial charge in [0, 0.05) is 30.4 Å². The zero-order chi connectivity index (χ0) is 32.9. The molecule has 0 aliphatic carbocycles. The predicted molar refractivity (Wildman–Crippen MR) is 177 cm³/mol. The van der Waals surface area contributed by atoms with Crippen molar-refractivity contribution in [3.8, 4) is 0 Å². The average molecular weight is 638 g/mol. The molecule has 244 valence electrons. The molecule has 0 fully saturated rings. The van der Waals surface area contributed by atoms with Gasteiger partial charge in [0.05, 0.1) is 29.9 Å². The summed E-state index contributed by atoms with van der Waals surface area (Å²) in [6.45, 7) is 7.89. The smallest absolute Gasteiger partial charge is 0.318 e. The second-order valence-corrected chi connectivity index (χ2v) is 13.0. The van der Waals surface area contributed by atoms with Gasteiger partial charge in [-0.3, -0.25) is 9.59 Å². The molecule has 3 aromatic rings. The van der Waals surface area contributed by atoms with Crippen LogP contribution in [0.4, 0.5) is 4.79 Å². The van der Waals surface area contributed by atoms with Crippen molar-refractivity contribution in [2.75, 3.05) is 13.6 Å². The van der Waals surface area contributed by atoms with Crippen molar-refractivity contribution in [1.82, 2.24) is 25.8 Å². The molecule has 5 N–H and O–H groups in total. The fourth-order valence-electron chi connectivity index (χ4n) is 5.02. The zero-order valence-corrected chi connectivity index (χ0v) is 27.6. The monoisotopic (exact) mass is 637 g/mol. The lowest BCUT2D eigenvalue weighted by molar-refractivity contribution is -0.136. The van der Waals surface area contributed by atoms with Crippen molar-refractivity contribution in [3.63, 3.8) is 0 Å². The topological polar surface area (TPSA) is 144 Å². The molecule has 0 aliphatic heterocycles. The molecular formula is C34H47N5O5S. The van der Waals surface area contributed by atoms with Gasteiger partial charge in [0.1, 0.15) is 6.04 Å². The minimum absolute atomic E-state index is 0.172. The number of thiazole rings is 1. The molecule has 1 heterocycles. The summed E-state index contributed by atoms with van der Waals surface area (Å²) in [6.07, 6.45) is 0.0634. The van der Waals surface area contributed by atoms with Crippen LogP contribution in [-0.4, -0.2) is 75.8 Å². The number of amides is 3. The van der Waals surface area contributed by atoms with E-state index in [0.717, 1.165) is 21.8 Å². The molecule has 0 saturated heterocycles. The lowest BCUT2D eigenvalue weighted by Crippen LogP contribution is -2.55. The third kappa shape index (κ3) is 11.9. The van der Waals surface area contributed by atoms with Gasteiger partial charge in [0.25, 0.3) is 0 Å². The maximum atomic E-state index is 13.7. The van der Waals surface area contributed by atoms with E-state index in [2.05, 4.69) is 34.8 Å². The van der Waals surface area contributed by atoms with Crippen LogP contribution in [-0.2, 0) is 29.0 Å². The first-order chi connectivity index (χ1) is 21.4. The Morgan fingerprint density at radius 2 is 1.51 bits per heavy atom. The van der Waals surface area contributed by atoms with Crippen molar-refractivity contribution in [1.29, 1.82) is 0 Å². The number of aromatic nitrogens is 1. The highest BCUT2D eigenvalue weighted by Gasteiger charge is 2.30. The number of aliphatic hydroxyl groups is 1. The number of carbonyl (C=O) groups is 3. The maximum absolute atomic E-state index is 13.7. The first kappa shape index (κ1) is 35.7. The first-order valence-corrected chi connectivity index (χ1v) is 16.3. The van der Waals surface area contributed by atoms with Crippen LogP contribution in [0.15, 0.2) is 66.0 Å². The molecule has 0 saturated carbocycles. The number of rotatable bonds is 17. The summed E-state index contributed by atoms with van der Waals surface area (Å²) in [5.41, 5.74) is 2.72. The second kappa shape index (κ2) is 17.6. The predicted octanol–water partition coefficient (Wildman–Crippen LogP) is 4.20. The summed E-state index contributed by atoms with van der Waals surface area (Å²) >= 11 is 1.57. The Hall–Kier alpha value is -3.80. The number of hydrogen-bond donors (Lipinski definition) is 5. The van der Waals surface area contributed by atoms with Gasteiger partial charge in [-0.25, -0.2) is 9.78 Å². The standard InChI is InChI=1S/C34H47N5O5S/c1-22(2)31(38-34(44)39(5)20-27-21-45-33(37-27)23(3)4)32(43)36-26(16-24-12-8-6-9-13-24)18-29(40)28(35-19-30(41)42)17-25-14-10-7-11-15-25/h6-15,21-23,26,28-29,31,35,40H,16-20H2,1-5H3,(H,36,43)(H,38,44)(H,41,42). The quantitative estimate of drug-likeness (QED) is 0.149. The first-order valence-electron chi connectivity index (χ1n) is 15.4. The number of nitrogens with one attached hydrogen (secondary N) is 3. The van der Waals surface area contributed by atoms with E-state index in [4.69, 9.17) is 0 Å². The van der Waals surface area contributed by atoms with Gasteiger partial charge in [0.15, 0.2) is 0 Å². The number of carbonyl (C=O) groups excluding carboxylic acids is 2. The maximum Gasteiger partial charge on any atom is 0.318 e. The number of urea groups is 1. The highest BCUT2D eigenvalue weighted by atomic mass is 32.1.